The van der Waals surface area contributed by atoms with Crippen LogP contribution in [0.25, 0.3) is 0 Å². The number of hydrogen-bond acceptors (Lipinski definition) is 5. The van der Waals surface area contributed by atoms with E-state index < -0.39 is 71.7 Å². The van der Waals surface area contributed by atoms with E-state index >= 15 is 0 Å². The van der Waals surface area contributed by atoms with Crippen LogP contribution in [0.4, 0.5) is 0 Å². The molecule has 0 N–H and O–H groups in total. The normalized spacial score (nSPS) is 6.22. The molecule has 0 spiro atoms. The third-order valence-corrected chi connectivity index (χ3v) is 9.00. The Morgan fingerprint density at radius 2 is 1.22 bits per heavy atom. The molecule has 0 heterocycles. The van der Waals surface area contributed by atoms with E-state index in [1.807, 2.05) is 0 Å². The van der Waals surface area contributed by atoms with Gasteiger partial charge in [-0.25, -0.2) is 0 Å². The Labute approximate surface area is 84.7 Å². The van der Waals surface area contributed by atoms with Crippen LogP contribution in [-0.4, -0.2) is 71.7 Å². The third-order valence-electron chi connectivity index (χ3n) is 0.333. The Kier molecular flexibility index (Phi) is 11.5. The molecular weight excluding hydrogens is 359 g/mol. The van der Waals surface area contributed by atoms with Crippen molar-refractivity contribution < 1.29 is 14.0 Å². The van der Waals surface area contributed by atoms with Gasteiger partial charge in [0.15, 0.2) is 0 Å². The molecule has 5 nitrogen and oxygen atoms in total. The third kappa shape index (κ3) is 9.71. The van der Waals surface area contributed by atoms with Crippen LogP contribution in [0.1, 0.15) is 0 Å². The van der Waals surface area contributed by atoms with Crippen molar-refractivity contribution in [2.75, 3.05) is 0 Å². The van der Waals surface area contributed by atoms with Gasteiger partial charge in [-0.1, -0.05) is 0 Å². The maximum atomic E-state index is 9.78. The van der Waals surface area contributed by atoms with Crippen LogP contribution in [0.5, 0.6) is 0 Å². The van der Waals surface area contributed by atoms with Crippen LogP contribution in [0.3, 0.4) is 0 Å². The molecule has 42 valence electrons. The van der Waals surface area contributed by atoms with E-state index in [2.05, 4.69) is 4.64 Å². The summed E-state index contributed by atoms with van der Waals surface area (Å²) in [5, 5.41) is 0. The molecule has 0 saturated carbocycles. The Morgan fingerprint density at radius 3 is 1.56 bits per heavy atom. The molecule has 0 aromatic rings. The van der Waals surface area contributed by atoms with Crippen molar-refractivity contribution in [1.29, 1.82) is 0 Å². The summed E-state index contributed by atoms with van der Waals surface area (Å²) in [6.45, 7) is 0. The first-order valence-corrected chi connectivity index (χ1v) is 9.80. The van der Waals surface area contributed by atoms with E-state index in [9.17, 15) is 7.08 Å². The molecular formula is Ga4O5. The van der Waals surface area contributed by atoms with Crippen molar-refractivity contribution >= 4 is 71.7 Å². The molecule has 0 aromatic heterocycles. The predicted molar refractivity (Wildman–Crippen MR) is 27.6 cm³/mol. The summed E-state index contributed by atoms with van der Waals surface area (Å²) in [6, 6.07) is 0. The van der Waals surface area contributed by atoms with Gasteiger partial charge >= 0.3 is 85.8 Å². The topological polar surface area (TPSA) is 61.8 Å². The average molecular weight is 359 g/mol. The summed E-state index contributed by atoms with van der Waals surface area (Å²) in [7, 11) is 0. The minimum absolute atomic E-state index is 1.15. The first-order chi connectivity index (χ1) is 4.41. The molecule has 0 aliphatic heterocycles. The summed E-state index contributed by atoms with van der Waals surface area (Å²) >= 11 is -5.60. The van der Waals surface area contributed by atoms with Crippen LogP contribution >= 0.6 is 0 Å². The van der Waals surface area contributed by atoms with Gasteiger partial charge in [0.2, 0.25) is 0 Å². The zero-order valence-corrected chi connectivity index (χ0v) is 14.0. The number of hydrogen-bond donors (Lipinski definition) is 0. The van der Waals surface area contributed by atoms with E-state index in [1.54, 1.807) is 0 Å². The second-order valence-corrected chi connectivity index (χ2v) is 13.0. The fourth-order valence-corrected chi connectivity index (χ4v) is 10.8. The summed E-state index contributed by atoms with van der Waals surface area (Å²) in [4.78, 5) is 0. The first-order valence-electron chi connectivity index (χ1n) is 1.89. The van der Waals surface area contributed by atoms with E-state index in [0.717, 1.165) is 0 Å². The van der Waals surface area contributed by atoms with E-state index in [0.29, 0.717) is 0 Å². The summed E-state index contributed by atoms with van der Waals surface area (Å²) in [5.74, 6) is 0. The van der Waals surface area contributed by atoms with E-state index in [1.165, 1.54) is 0 Å². The standard InChI is InChI=1S/4Ga.5O. The molecule has 2 radical (unpaired) electrons. The van der Waals surface area contributed by atoms with Crippen LogP contribution in [-0.2, 0) is 14.0 Å². The average Bonchev–Trinajstić information content (AvgIpc) is 1.89. The zero-order chi connectivity index (χ0) is 6.95. The first kappa shape index (κ1) is 10.7. The van der Waals surface area contributed by atoms with Gasteiger partial charge in [0.25, 0.3) is 0 Å². The SMILES string of the molecule is [O]=[Ga][O][Ga][O][Ga][O][Ga]=[O]. The van der Waals surface area contributed by atoms with Gasteiger partial charge in [-0.3, -0.25) is 0 Å². The quantitative estimate of drug-likeness (QED) is 0.407. The predicted octanol–water partition coefficient (Wildman–Crippen LogP) is -1.97. The van der Waals surface area contributed by atoms with Gasteiger partial charge in [-0.15, -0.1) is 0 Å². The Balaban J connectivity index is 2.74. The summed E-state index contributed by atoms with van der Waals surface area (Å²) in [6.07, 6.45) is 0. The molecule has 9 heteroatoms. The van der Waals surface area contributed by atoms with Crippen molar-refractivity contribution in [2.24, 2.45) is 0 Å². The van der Waals surface area contributed by atoms with Crippen molar-refractivity contribution in [1.82, 2.24) is 0 Å². The molecule has 9 heavy (non-hydrogen) atoms. The van der Waals surface area contributed by atoms with E-state index in [4.69, 9.17) is 2.32 Å². The number of rotatable bonds is 6. The van der Waals surface area contributed by atoms with E-state index in [-0.39, 0.29) is 0 Å². The summed E-state index contributed by atoms with van der Waals surface area (Å²) in [5.41, 5.74) is 0. The molecule has 0 rings (SSSR count). The fourth-order valence-electron chi connectivity index (χ4n) is 0.132. The second-order valence-electron chi connectivity index (χ2n) is 0.793. The molecule has 0 aromatic carbocycles. The maximum absolute atomic E-state index is 9.78. The van der Waals surface area contributed by atoms with Gasteiger partial charge in [0.05, 0.1) is 0 Å². The van der Waals surface area contributed by atoms with Crippen molar-refractivity contribution in [3.8, 4) is 0 Å². The minimum atomic E-state index is -1.65. The molecule has 0 atom stereocenters. The van der Waals surface area contributed by atoms with Gasteiger partial charge in [0, 0.05) is 0 Å². The molecule has 0 aliphatic carbocycles. The van der Waals surface area contributed by atoms with Gasteiger partial charge in [0.1, 0.15) is 0 Å². The molecule has 0 amide bonds. The van der Waals surface area contributed by atoms with Crippen molar-refractivity contribution in [3.05, 3.63) is 0 Å². The fraction of sp³-hybridized carbons (Fsp3) is 0. The molecule has 0 fully saturated rings. The van der Waals surface area contributed by atoms with Gasteiger partial charge in [-0.05, 0) is 0 Å². The second kappa shape index (κ2) is 9.71. The van der Waals surface area contributed by atoms with Gasteiger partial charge in [-0.2, -0.15) is 0 Å². The molecule has 0 saturated heterocycles. The van der Waals surface area contributed by atoms with Crippen LogP contribution < -0.4 is 0 Å². The molecule has 0 bridgehead atoms. The van der Waals surface area contributed by atoms with Gasteiger partial charge < -0.3 is 0 Å². The Morgan fingerprint density at radius 1 is 0.778 bits per heavy atom. The summed E-state index contributed by atoms with van der Waals surface area (Å²) < 4.78 is 33.6. The van der Waals surface area contributed by atoms with Crippen molar-refractivity contribution in [3.63, 3.8) is 0 Å². The Bertz CT molecular complexity index is 71.0. The monoisotopic (exact) mass is 356 g/mol. The van der Waals surface area contributed by atoms with Crippen LogP contribution in [0, 0.1) is 0 Å². The van der Waals surface area contributed by atoms with Crippen LogP contribution in [0.15, 0.2) is 0 Å². The Hall–Kier alpha value is 1.71. The zero-order valence-electron chi connectivity index (χ0n) is 4.35. The van der Waals surface area contributed by atoms with Crippen molar-refractivity contribution in [2.45, 2.75) is 0 Å². The molecule has 0 aliphatic rings. The molecule has 0 unspecified atom stereocenters. The van der Waals surface area contributed by atoms with Crippen LogP contribution in [0.2, 0.25) is 0 Å².